The molecule has 1 heterocycles. The summed E-state index contributed by atoms with van der Waals surface area (Å²) in [4.78, 5) is 11.7. The summed E-state index contributed by atoms with van der Waals surface area (Å²) in [5.74, 6) is 0.290. The second-order valence-electron chi connectivity index (χ2n) is 3.76. The minimum absolute atomic E-state index is 0.0457. The highest BCUT2D eigenvalue weighted by Crippen LogP contribution is 2.18. The van der Waals surface area contributed by atoms with Crippen molar-refractivity contribution in [3.05, 3.63) is 40.6 Å². The summed E-state index contributed by atoms with van der Waals surface area (Å²) in [5, 5.41) is 0.582. The van der Waals surface area contributed by atoms with Crippen molar-refractivity contribution in [1.29, 1.82) is 0 Å². The van der Waals surface area contributed by atoms with E-state index in [2.05, 4.69) is 0 Å². The van der Waals surface area contributed by atoms with Gasteiger partial charge in [0.05, 0.1) is 17.6 Å². The Kier molecular flexibility index (Phi) is 2.95. The van der Waals surface area contributed by atoms with E-state index in [0.717, 1.165) is 6.42 Å². The van der Waals surface area contributed by atoms with Gasteiger partial charge in [-0.2, -0.15) is 0 Å². The topological polar surface area (TPSA) is 39.4 Å². The average molecular weight is 218 g/mol. The minimum atomic E-state index is -0.0693. The zero-order valence-corrected chi connectivity index (χ0v) is 9.40. The van der Waals surface area contributed by atoms with Crippen LogP contribution in [0.25, 0.3) is 11.0 Å². The monoisotopic (exact) mass is 218 g/mol. The van der Waals surface area contributed by atoms with Gasteiger partial charge in [-0.05, 0) is 25.5 Å². The van der Waals surface area contributed by atoms with Crippen LogP contribution in [0.5, 0.6) is 5.95 Å². The van der Waals surface area contributed by atoms with Crippen LogP contribution in [0.2, 0.25) is 0 Å². The van der Waals surface area contributed by atoms with Gasteiger partial charge in [0.1, 0.15) is 5.58 Å². The SMILES string of the molecule is CCC(C)Oc1cc(=O)c2ccccc2o1. The number of fused-ring (bicyclic) bond motifs is 1. The first kappa shape index (κ1) is 10.7. The molecule has 1 aromatic carbocycles. The first-order valence-electron chi connectivity index (χ1n) is 5.40. The second kappa shape index (κ2) is 4.39. The van der Waals surface area contributed by atoms with Gasteiger partial charge in [0.15, 0.2) is 5.43 Å². The van der Waals surface area contributed by atoms with Crippen LogP contribution >= 0.6 is 0 Å². The maximum absolute atomic E-state index is 11.7. The fourth-order valence-electron chi connectivity index (χ4n) is 1.42. The molecule has 3 nitrogen and oxygen atoms in total. The summed E-state index contributed by atoms with van der Waals surface area (Å²) < 4.78 is 11.0. The molecule has 0 amide bonds. The van der Waals surface area contributed by atoms with Gasteiger partial charge in [0, 0.05) is 0 Å². The Hall–Kier alpha value is -1.77. The first-order valence-corrected chi connectivity index (χ1v) is 5.40. The lowest BCUT2D eigenvalue weighted by atomic mass is 10.2. The van der Waals surface area contributed by atoms with E-state index in [1.807, 2.05) is 26.0 Å². The summed E-state index contributed by atoms with van der Waals surface area (Å²) in [6, 6.07) is 8.55. The number of para-hydroxylation sites is 1. The average Bonchev–Trinajstić information content (AvgIpc) is 2.29. The van der Waals surface area contributed by atoms with Gasteiger partial charge in [-0.3, -0.25) is 4.79 Å². The molecule has 2 rings (SSSR count). The molecule has 1 unspecified atom stereocenters. The molecule has 84 valence electrons. The maximum atomic E-state index is 11.7. The molecule has 16 heavy (non-hydrogen) atoms. The fourth-order valence-corrected chi connectivity index (χ4v) is 1.42. The maximum Gasteiger partial charge on any atom is 0.288 e. The van der Waals surface area contributed by atoms with Crippen molar-refractivity contribution in [2.24, 2.45) is 0 Å². The third-order valence-corrected chi connectivity index (χ3v) is 2.50. The van der Waals surface area contributed by atoms with Crippen molar-refractivity contribution in [3.8, 4) is 5.95 Å². The summed E-state index contributed by atoms with van der Waals surface area (Å²) >= 11 is 0. The molecule has 0 aliphatic heterocycles. The van der Waals surface area contributed by atoms with Gasteiger partial charge in [0.2, 0.25) is 0 Å². The summed E-state index contributed by atoms with van der Waals surface area (Å²) in [7, 11) is 0. The van der Waals surface area contributed by atoms with Crippen LogP contribution in [0.4, 0.5) is 0 Å². The smallest absolute Gasteiger partial charge is 0.288 e. The lowest BCUT2D eigenvalue weighted by Crippen LogP contribution is -2.11. The quantitative estimate of drug-likeness (QED) is 0.795. The Bertz CT molecular complexity index is 542. The highest BCUT2D eigenvalue weighted by molar-refractivity contribution is 5.76. The molecular formula is C13H14O3. The molecule has 0 radical (unpaired) electrons. The van der Waals surface area contributed by atoms with Gasteiger partial charge in [0.25, 0.3) is 5.95 Å². The zero-order valence-electron chi connectivity index (χ0n) is 9.40. The molecule has 0 aliphatic carbocycles. The van der Waals surface area contributed by atoms with Gasteiger partial charge >= 0.3 is 0 Å². The molecule has 2 aromatic rings. The van der Waals surface area contributed by atoms with Crippen LogP contribution < -0.4 is 10.2 Å². The molecule has 0 bridgehead atoms. The Morgan fingerprint density at radius 1 is 1.38 bits per heavy atom. The number of hydrogen-bond acceptors (Lipinski definition) is 3. The normalized spacial score (nSPS) is 12.6. The highest BCUT2D eigenvalue weighted by atomic mass is 16.6. The van der Waals surface area contributed by atoms with Crippen molar-refractivity contribution in [1.82, 2.24) is 0 Å². The van der Waals surface area contributed by atoms with E-state index in [0.29, 0.717) is 11.0 Å². The molecule has 0 spiro atoms. The molecule has 1 aromatic heterocycles. The molecule has 1 atom stereocenters. The van der Waals surface area contributed by atoms with Crippen LogP contribution in [0.3, 0.4) is 0 Å². The van der Waals surface area contributed by atoms with E-state index in [1.165, 1.54) is 6.07 Å². The van der Waals surface area contributed by atoms with Crippen molar-refractivity contribution in [2.75, 3.05) is 0 Å². The van der Waals surface area contributed by atoms with Crippen molar-refractivity contribution >= 4 is 11.0 Å². The van der Waals surface area contributed by atoms with Crippen LogP contribution in [0.15, 0.2) is 39.5 Å². The van der Waals surface area contributed by atoms with Crippen LogP contribution in [0.1, 0.15) is 20.3 Å². The lowest BCUT2D eigenvalue weighted by Gasteiger charge is -2.10. The lowest BCUT2D eigenvalue weighted by molar-refractivity contribution is 0.169. The molecule has 0 saturated carbocycles. The van der Waals surface area contributed by atoms with E-state index < -0.39 is 0 Å². The number of benzene rings is 1. The number of ether oxygens (including phenoxy) is 1. The Morgan fingerprint density at radius 2 is 2.12 bits per heavy atom. The molecule has 0 aliphatic rings. The first-order chi connectivity index (χ1) is 7.70. The Labute approximate surface area is 93.7 Å². The van der Waals surface area contributed by atoms with Crippen molar-refractivity contribution < 1.29 is 9.15 Å². The molecule has 0 fully saturated rings. The second-order valence-corrected chi connectivity index (χ2v) is 3.76. The van der Waals surface area contributed by atoms with Crippen LogP contribution in [-0.4, -0.2) is 6.10 Å². The predicted octanol–water partition coefficient (Wildman–Crippen LogP) is 2.97. The molecular weight excluding hydrogens is 204 g/mol. The summed E-state index contributed by atoms with van der Waals surface area (Å²) in [5.41, 5.74) is 0.494. The largest absolute Gasteiger partial charge is 0.462 e. The summed E-state index contributed by atoms with van der Waals surface area (Å²) in [6.45, 7) is 3.96. The van der Waals surface area contributed by atoms with E-state index in [-0.39, 0.29) is 17.5 Å². The van der Waals surface area contributed by atoms with Gasteiger partial charge < -0.3 is 9.15 Å². The van der Waals surface area contributed by atoms with E-state index in [9.17, 15) is 4.79 Å². The Morgan fingerprint density at radius 3 is 2.88 bits per heavy atom. The Balaban J connectivity index is 2.46. The van der Waals surface area contributed by atoms with Gasteiger partial charge in [-0.15, -0.1) is 0 Å². The molecule has 0 N–H and O–H groups in total. The predicted molar refractivity (Wildman–Crippen MR) is 62.9 cm³/mol. The fraction of sp³-hybridized carbons (Fsp3) is 0.308. The number of rotatable bonds is 3. The standard InChI is InChI=1S/C13H14O3/c1-3-9(2)15-13-8-11(14)10-6-4-5-7-12(10)16-13/h4-9H,3H2,1-2H3. The molecule has 0 saturated heterocycles. The van der Waals surface area contributed by atoms with E-state index >= 15 is 0 Å². The zero-order chi connectivity index (χ0) is 11.5. The molecule has 3 heteroatoms. The summed E-state index contributed by atoms with van der Waals surface area (Å²) in [6.07, 6.45) is 0.917. The minimum Gasteiger partial charge on any atom is -0.462 e. The van der Waals surface area contributed by atoms with E-state index in [1.54, 1.807) is 12.1 Å². The van der Waals surface area contributed by atoms with Crippen molar-refractivity contribution in [2.45, 2.75) is 26.4 Å². The number of hydrogen-bond donors (Lipinski definition) is 0. The third kappa shape index (κ3) is 2.08. The van der Waals surface area contributed by atoms with Gasteiger partial charge in [-0.1, -0.05) is 19.1 Å². The highest BCUT2D eigenvalue weighted by Gasteiger charge is 2.07. The third-order valence-electron chi connectivity index (χ3n) is 2.50. The van der Waals surface area contributed by atoms with Gasteiger partial charge in [-0.25, -0.2) is 0 Å². The van der Waals surface area contributed by atoms with E-state index in [4.69, 9.17) is 9.15 Å². The van der Waals surface area contributed by atoms with Crippen LogP contribution in [0, 0.1) is 0 Å². The van der Waals surface area contributed by atoms with Crippen molar-refractivity contribution in [3.63, 3.8) is 0 Å². The van der Waals surface area contributed by atoms with Crippen LogP contribution in [-0.2, 0) is 0 Å².